The van der Waals surface area contributed by atoms with Crippen LogP contribution in [0.1, 0.15) is 39.3 Å². The fraction of sp³-hybridized carbons (Fsp3) is 0.500. The highest BCUT2D eigenvalue weighted by molar-refractivity contribution is 5.96. The molecular formula is C16H25N3O3. The van der Waals surface area contributed by atoms with Gasteiger partial charge in [-0.3, -0.25) is 15.4 Å². The molecule has 3 amide bonds. The highest BCUT2D eigenvalue weighted by Gasteiger charge is 2.18. The standard InChI is InChI=1S/C16H25N3O3/c1-10(2)22-14-8-6-7-13(9-14)11(3)18-12(4)15(20)19-16(21)17-5/h6-12,18H,1-5H3,(H2,17,19,20,21)/t11-,12+/m0/s1. The predicted octanol–water partition coefficient (Wildman–Crippen LogP) is 1.97. The lowest BCUT2D eigenvalue weighted by molar-refractivity contribution is -0.121. The van der Waals surface area contributed by atoms with Crippen LogP contribution in [0.15, 0.2) is 24.3 Å². The molecule has 0 aliphatic heterocycles. The van der Waals surface area contributed by atoms with Crippen LogP contribution in [-0.4, -0.2) is 31.1 Å². The van der Waals surface area contributed by atoms with Crippen molar-refractivity contribution in [1.29, 1.82) is 0 Å². The van der Waals surface area contributed by atoms with E-state index in [1.165, 1.54) is 7.05 Å². The number of urea groups is 1. The number of imide groups is 1. The molecule has 0 heterocycles. The van der Waals surface area contributed by atoms with Gasteiger partial charge in [0.05, 0.1) is 12.1 Å². The van der Waals surface area contributed by atoms with E-state index in [1.54, 1.807) is 6.92 Å². The third-order valence-corrected chi connectivity index (χ3v) is 3.09. The van der Waals surface area contributed by atoms with Crippen LogP contribution in [-0.2, 0) is 4.79 Å². The first-order valence-electron chi connectivity index (χ1n) is 7.38. The summed E-state index contributed by atoms with van der Waals surface area (Å²) in [6.07, 6.45) is 0.107. The van der Waals surface area contributed by atoms with Crippen molar-refractivity contribution in [1.82, 2.24) is 16.0 Å². The lowest BCUT2D eigenvalue weighted by atomic mass is 10.1. The average Bonchev–Trinajstić information content (AvgIpc) is 2.46. The molecule has 0 bridgehead atoms. The molecule has 3 N–H and O–H groups in total. The Labute approximate surface area is 131 Å². The zero-order valence-corrected chi connectivity index (χ0v) is 13.8. The Kier molecular flexibility index (Phi) is 6.85. The lowest BCUT2D eigenvalue weighted by Gasteiger charge is -2.20. The number of carbonyl (C=O) groups excluding carboxylic acids is 2. The van der Waals surface area contributed by atoms with Crippen LogP contribution in [0.2, 0.25) is 0 Å². The fourth-order valence-electron chi connectivity index (χ4n) is 1.96. The molecule has 0 unspecified atom stereocenters. The fourth-order valence-corrected chi connectivity index (χ4v) is 1.96. The van der Waals surface area contributed by atoms with Gasteiger partial charge in [0.25, 0.3) is 0 Å². The van der Waals surface area contributed by atoms with E-state index in [0.717, 1.165) is 11.3 Å². The predicted molar refractivity (Wildman–Crippen MR) is 85.8 cm³/mol. The van der Waals surface area contributed by atoms with Crippen LogP contribution >= 0.6 is 0 Å². The molecule has 0 fully saturated rings. The number of benzene rings is 1. The molecule has 122 valence electrons. The van der Waals surface area contributed by atoms with Gasteiger partial charge < -0.3 is 10.1 Å². The summed E-state index contributed by atoms with van der Waals surface area (Å²) in [5.74, 6) is 0.421. The Balaban J connectivity index is 2.66. The van der Waals surface area contributed by atoms with E-state index in [2.05, 4.69) is 16.0 Å². The molecule has 0 radical (unpaired) electrons. The topological polar surface area (TPSA) is 79.5 Å². The zero-order chi connectivity index (χ0) is 16.7. The Morgan fingerprint density at radius 1 is 1.14 bits per heavy atom. The van der Waals surface area contributed by atoms with E-state index < -0.39 is 12.1 Å². The summed E-state index contributed by atoms with van der Waals surface area (Å²) in [7, 11) is 1.46. The van der Waals surface area contributed by atoms with Gasteiger partial charge in [0.1, 0.15) is 5.75 Å². The van der Waals surface area contributed by atoms with Crippen LogP contribution in [0.3, 0.4) is 0 Å². The van der Waals surface area contributed by atoms with Crippen molar-refractivity contribution in [2.24, 2.45) is 0 Å². The normalized spacial score (nSPS) is 13.4. The van der Waals surface area contributed by atoms with Crippen LogP contribution < -0.4 is 20.7 Å². The number of amides is 3. The highest BCUT2D eigenvalue weighted by Crippen LogP contribution is 2.20. The molecule has 22 heavy (non-hydrogen) atoms. The summed E-state index contributed by atoms with van der Waals surface area (Å²) >= 11 is 0. The monoisotopic (exact) mass is 307 g/mol. The van der Waals surface area contributed by atoms with Crippen molar-refractivity contribution >= 4 is 11.9 Å². The van der Waals surface area contributed by atoms with Crippen LogP contribution in [0, 0.1) is 0 Å². The quantitative estimate of drug-likeness (QED) is 0.751. The molecule has 0 aliphatic carbocycles. The number of carbonyl (C=O) groups is 2. The maximum Gasteiger partial charge on any atom is 0.321 e. The van der Waals surface area contributed by atoms with Gasteiger partial charge in [0.2, 0.25) is 5.91 Å². The van der Waals surface area contributed by atoms with Gasteiger partial charge in [-0.15, -0.1) is 0 Å². The van der Waals surface area contributed by atoms with E-state index in [-0.39, 0.29) is 18.1 Å². The molecular weight excluding hydrogens is 282 g/mol. The number of rotatable bonds is 6. The number of nitrogens with one attached hydrogen (secondary N) is 3. The van der Waals surface area contributed by atoms with Crippen LogP contribution in [0.25, 0.3) is 0 Å². The average molecular weight is 307 g/mol. The van der Waals surface area contributed by atoms with Crippen molar-refractivity contribution in [3.05, 3.63) is 29.8 Å². The minimum absolute atomic E-state index is 0.0545. The second-order valence-corrected chi connectivity index (χ2v) is 5.42. The van der Waals surface area contributed by atoms with Crippen molar-refractivity contribution in [3.8, 4) is 5.75 Å². The van der Waals surface area contributed by atoms with E-state index in [0.29, 0.717) is 0 Å². The van der Waals surface area contributed by atoms with Crippen molar-refractivity contribution < 1.29 is 14.3 Å². The summed E-state index contributed by atoms with van der Waals surface area (Å²) < 4.78 is 5.66. The van der Waals surface area contributed by atoms with Gasteiger partial charge in [-0.25, -0.2) is 4.79 Å². The van der Waals surface area contributed by atoms with Gasteiger partial charge in [-0.05, 0) is 45.4 Å². The molecule has 0 spiro atoms. The molecule has 6 nitrogen and oxygen atoms in total. The number of ether oxygens (including phenoxy) is 1. The Morgan fingerprint density at radius 3 is 2.41 bits per heavy atom. The molecule has 0 aliphatic rings. The first-order chi connectivity index (χ1) is 10.3. The zero-order valence-electron chi connectivity index (χ0n) is 13.8. The molecule has 1 aromatic carbocycles. The summed E-state index contributed by atoms with van der Waals surface area (Å²) in [5, 5.41) is 7.75. The van der Waals surface area contributed by atoms with Crippen molar-refractivity contribution in [3.63, 3.8) is 0 Å². The SMILES string of the molecule is CNC(=O)NC(=O)[C@@H](C)N[C@@H](C)c1cccc(OC(C)C)c1. The minimum atomic E-state index is -0.515. The largest absolute Gasteiger partial charge is 0.491 e. The van der Waals surface area contributed by atoms with Gasteiger partial charge in [0, 0.05) is 13.1 Å². The Morgan fingerprint density at radius 2 is 1.82 bits per heavy atom. The van der Waals surface area contributed by atoms with Crippen molar-refractivity contribution in [2.45, 2.75) is 45.9 Å². The van der Waals surface area contributed by atoms with E-state index in [1.807, 2.05) is 45.0 Å². The Hall–Kier alpha value is -2.08. The maximum atomic E-state index is 11.8. The number of hydrogen-bond donors (Lipinski definition) is 3. The summed E-state index contributed by atoms with van der Waals surface area (Å²) in [5.41, 5.74) is 1.01. The molecule has 0 saturated heterocycles. The van der Waals surface area contributed by atoms with E-state index >= 15 is 0 Å². The molecule has 0 aromatic heterocycles. The summed E-state index contributed by atoms with van der Waals surface area (Å²) in [6, 6.07) is 6.66. The van der Waals surface area contributed by atoms with Crippen LogP contribution in [0.4, 0.5) is 4.79 Å². The first kappa shape index (κ1) is 18.0. The molecule has 2 atom stereocenters. The molecule has 6 heteroatoms. The highest BCUT2D eigenvalue weighted by atomic mass is 16.5. The third kappa shape index (κ3) is 5.73. The van der Waals surface area contributed by atoms with Gasteiger partial charge in [-0.2, -0.15) is 0 Å². The van der Waals surface area contributed by atoms with Crippen molar-refractivity contribution in [2.75, 3.05) is 7.05 Å². The minimum Gasteiger partial charge on any atom is -0.491 e. The van der Waals surface area contributed by atoms with Gasteiger partial charge in [0.15, 0.2) is 0 Å². The molecule has 1 aromatic rings. The first-order valence-corrected chi connectivity index (χ1v) is 7.38. The van der Waals surface area contributed by atoms with E-state index in [9.17, 15) is 9.59 Å². The molecule has 1 rings (SSSR count). The van der Waals surface area contributed by atoms with E-state index in [4.69, 9.17) is 4.74 Å². The lowest BCUT2D eigenvalue weighted by Crippen LogP contribution is -2.47. The van der Waals surface area contributed by atoms with Crippen LogP contribution in [0.5, 0.6) is 5.75 Å². The second kappa shape index (κ2) is 8.38. The smallest absolute Gasteiger partial charge is 0.321 e. The molecule has 0 saturated carbocycles. The number of hydrogen-bond acceptors (Lipinski definition) is 4. The maximum absolute atomic E-state index is 11.8. The Bertz CT molecular complexity index is 517. The van der Waals surface area contributed by atoms with Gasteiger partial charge in [-0.1, -0.05) is 12.1 Å². The second-order valence-electron chi connectivity index (χ2n) is 5.42. The summed E-state index contributed by atoms with van der Waals surface area (Å²) in [6.45, 7) is 7.61. The third-order valence-electron chi connectivity index (χ3n) is 3.09. The summed E-state index contributed by atoms with van der Waals surface area (Å²) in [4.78, 5) is 23.0. The van der Waals surface area contributed by atoms with Gasteiger partial charge >= 0.3 is 6.03 Å².